The van der Waals surface area contributed by atoms with Gasteiger partial charge in [0.05, 0.1) is 25.2 Å². The molecule has 0 aromatic heterocycles. The van der Waals surface area contributed by atoms with Crippen molar-refractivity contribution < 1.29 is 14.6 Å². The Morgan fingerprint density at radius 3 is 3.13 bits per heavy atom. The number of hydrogen-bond donors (Lipinski definition) is 1. The van der Waals surface area contributed by atoms with Crippen molar-refractivity contribution in [2.24, 2.45) is 0 Å². The third kappa shape index (κ3) is 2.27. The van der Waals surface area contributed by atoms with Gasteiger partial charge in [-0.2, -0.15) is 5.26 Å². The van der Waals surface area contributed by atoms with Crippen LogP contribution in [0.25, 0.3) is 0 Å². The zero-order valence-corrected chi connectivity index (χ0v) is 8.09. The fraction of sp³-hybridized carbons (Fsp3) is 0.364. The fourth-order valence-electron chi connectivity index (χ4n) is 1.50. The molecule has 1 saturated heterocycles. The second-order valence-electron chi connectivity index (χ2n) is 3.38. The van der Waals surface area contributed by atoms with Crippen molar-refractivity contribution in [2.75, 3.05) is 6.61 Å². The van der Waals surface area contributed by atoms with Crippen LogP contribution >= 0.6 is 0 Å². The van der Waals surface area contributed by atoms with Crippen LogP contribution in [0.15, 0.2) is 24.3 Å². The molecule has 1 heterocycles. The van der Waals surface area contributed by atoms with Crippen LogP contribution in [-0.4, -0.2) is 17.8 Å². The first-order valence-corrected chi connectivity index (χ1v) is 4.72. The summed E-state index contributed by atoms with van der Waals surface area (Å²) in [4.78, 5) is 0. The largest absolute Gasteiger partial charge is 0.508 e. The van der Waals surface area contributed by atoms with E-state index in [-0.39, 0.29) is 11.9 Å². The molecule has 1 fully saturated rings. The molecule has 0 radical (unpaired) electrons. The Hall–Kier alpha value is -1.57. The van der Waals surface area contributed by atoms with Crippen molar-refractivity contribution in [1.29, 1.82) is 5.26 Å². The quantitative estimate of drug-likeness (QED) is 0.798. The Kier molecular flexibility index (Phi) is 2.86. The van der Waals surface area contributed by atoms with Crippen LogP contribution < -0.4 is 0 Å². The van der Waals surface area contributed by atoms with E-state index < -0.39 is 6.29 Å². The number of benzene rings is 1. The number of nitriles is 1. The van der Waals surface area contributed by atoms with Gasteiger partial charge >= 0.3 is 0 Å². The molecule has 2 rings (SSSR count). The van der Waals surface area contributed by atoms with Crippen molar-refractivity contribution in [3.8, 4) is 11.8 Å². The lowest BCUT2D eigenvalue weighted by Gasteiger charge is -2.10. The number of ether oxygens (including phenoxy) is 2. The summed E-state index contributed by atoms with van der Waals surface area (Å²) in [6, 6.07) is 8.77. The molecule has 78 valence electrons. The lowest BCUT2D eigenvalue weighted by Crippen LogP contribution is -2.07. The van der Waals surface area contributed by atoms with Gasteiger partial charge in [-0.05, 0) is 12.1 Å². The molecule has 1 N–H and O–H groups in total. The highest BCUT2D eigenvalue weighted by molar-refractivity contribution is 5.28. The molecule has 15 heavy (non-hydrogen) atoms. The Balaban J connectivity index is 2.05. The van der Waals surface area contributed by atoms with Gasteiger partial charge in [0.25, 0.3) is 0 Å². The normalized spacial score (nSPS) is 25.0. The molecular formula is C11H11NO3. The van der Waals surface area contributed by atoms with Gasteiger partial charge < -0.3 is 14.6 Å². The first-order chi connectivity index (χ1) is 7.29. The highest BCUT2D eigenvalue weighted by Gasteiger charge is 2.27. The van der Waals surface area contributed by atoms with Crippen LogP contribution in [0, 0.1) is 11.3 Å². The summed E-state index contributed by atoms with van der Waals surface area (Å²) in [6.45, 7) is 0.424. The van der Waals surface area contributed by atoms with Gasteiger partial charge in [0.2, 0.25) is 0 Å². The maximum Gasteiger partial charge on any atom is 0.184 e. The number of phenols is 1. The van der Waals surface area contributed by atoms with E-state index in [9.17, 15) is 5.11 Å². The molecule has 0 amide bonds. The Morgan fingerprint density at radius 1 is 1.53 bits per heavy atom. The summed E-state index contributed by atoms with van der Waals surface area (Å²) in [5, 5.41) is 17.8. The summed E-state index contributed by atoms with van der Waals surface area (Å²) in [5.41, 5.74) is 0.774. The third-order valence-electron chi connectivity index (χ3n) is 2.21. The zero-order valence-electron chi connectivity index (χ0n) is 8.09. The highest BCUT2D eigenvalue weighted by atomic mass is 16.7. The van der Waals surface area contributed by atoms with E-state index in [2.05, 4.69) is 0 Å². The molecule has 0 spiro atoms. The maximum absolute atomic E-state index is 9.28. The Morgan fingerprint density at radius 2 is 2.40 bits per heavy atom. The number of aromatic hydroxyl groups is 1. The van der Waals surface area contributed by atoms with Gasteiger partial charge in [-0.25, -0.2) is 0 Å². The predicted octanol–water partition coefficient (Wildman–Crippen LogP) is 1.72. The maximum atomic E-state index is 9.28. The molecule has 2 atom stereocenters. The van der Waals surface area contributed by atoms with Crippen molar-refractivity contribution in [2.45, 2.75) is 18.8 Å². The second kappa shape index (κ2) is 4.30. The minimum atomic E-state index is -0.463. The van der Waals surface area contributed by atoms with Crippen molar-refractivity contribution in [3.05, 3.63) is 29.8 Å². The smallest absolute Gasteiger partial charge is 0.184 e. The van der Waals surface area contributed by atoms with E-state index in [0.29, 0.717) is 13.0 Å². The average Bonchev–Trinajstić information content (AvgIpc) is 2.67. The van der Waals surface area contributed by atoms with E-state index in [1.807, 2.05) is 12.1 Å². The van der Waals surface area contributed by atoms with Crippen LogP contribution in [-0.2, 0) is 9.47 Å². The number of nitrogens with zero attached hydrogens (tertiary/aromatic N) is 1. The minimum Gasteiger partial charge on any atom is -0.508 e. The molecule has 0 aliphatic carbocycles. The van der Waals surface area contributed by atoms with Crippen molar-refractivity contribution in [3.63, 3.8) is 0 Å². The molecule has 1 aliphatic heterocycles. The van der Waals surface area contributed by atoms with Crippen molar-refractivity contribution >= 4 is 0 Å². The lowest BCUT2D eigenvalue weighted by molar-refractivity contribution is -0.0593. The lowest BCUT2D eigenvalue weighted by atomic mass is 10.2. The first-order valence-electron chi connectivity index (χ1n) is 4.72. The molecule has 2 unspecified atom stereocenters. The zero-order chi connectivity index (χ0) is 10.7. The first kappa shape index (κ1) is 9.97. The highest BCUT2D eigenvalue weighted by Crippen LogP contribution is 2.29. The number of rotatable bonds is 2. The summed E-state index contributed by atoms with van der Waals surface area (Å²) in [6.07, 6.45) is -0.298. The van der Waals surface area contributed by atoms with Gasteiger partial charge in [0.15, 0.2) is 6.29 Å². The van der Waals surface area contributed by atoms with Gasteiger partial charge in [0.1, 0.15) is 5.75 Å². The molecule has 1 aromatic rings. The summed E-state index contributed by atoms with van der Waals surface area (Å²) < 4.78 is 10.9. The second-order valence-corrected chi connectivity index (χ2v) is 3.38. The molecule has 4 nitrogen and oxygen atoms in total. The topological polar surface area (TPSA) is 62.5 Å². The Labute approximate surface area is 87.7 Å². The molecule has 0 saturated carbocycles. The van der Waals surface area contributed by atoms with Crippen LogP contribution in [0.1, 0.15) is 18.3 Å². The van der Waals surface area contributed by atoms with Gasteiger partial charge in [-0.1, -0.05) is 12.1 Å². The SMILES string of the molecule is N#CCC1COC(c2cccc(O)c2)O1. The van der Waals surface area contributed by atoms with Gasteiger partial charge in [0, 0.05) is 5.56 Å². The van der Waals surface area contributed by atoms with Crippen LogP contribution in [0.5, 0.6) is 5.75 Å². The third-order valence-corrected chi connectivity index (χ3v) is 2.21. The van der Waals surface area contributed by atoms with E-state index >= 15 is 0 Å². The van der Waals surface area contributed by atoms with E-state index in [4.69, 9.17) is 14.7 Å². The minimum absolute atomic E-state index is 0.164. The van der Waals surface area contributed by atoms with E-state index in [0.717, 1.165) is 5.56 Å². The van der Waals surface area contributed by atoms with Crippen LogP contribution in [0.3, 0.4) is 0 Å². The van der Waals surface area contributed by atoms with Crippen LogP contribution in [0.4, 0.5) is 0 Å². The molecule has 1 aliphatic rings. The molecule has 0 bridgehead atoms. The van der Waals surface area contributed by atoms with Gasteiger partial charge in [-0.3, -0.25) is 0 Å². The van der Waals surface area contributed by atoms with Crippen LogP contribution in [0.2, 0.25) is 0 Å². The number of hydrogen-bond acceptors (Lipinski definition) is 4. The molecule has 1 aromatic carbocycles. The summed E-state index contributed by atoms with van der Waals surface area (Å²) in [5.74, 6) is 0.184. The summed E-state index contributed by atoms with van der Waals surface area (Å²) >= 11 is 0. The number of phenolic OH excluding ortho intramolecular Hbond substituents is 1. The molecular weight excluding hydrogens is 194 g/mol. The average molecular weight is 205 g/mol. The predicted molar refractivity (Wildman–Crippen MR) is 51.9 cm³/mol. The van der Waals surface area contributed by atoms with E-state index in [1.165, 1.54) is 0 Å². The fourth-order valence-corrected chi connectivity index (χ4v) is 1.50. The summed E-state index contributed by atoms with van der Waals surface area (Å²) in [7, 11) is 0. The molecule has 4 heteroatoms. The Bertz CT molecular complexity index is 386. The standard InChI is InChI=1S/C11H11NO3/c12-5-4-10-7-14-11(15-10)8-2-1-3-9(13)6-8/h1-3,6,10-11,13H,4,7H2. The van der Waals surface area contributed by atoms with Gasteiger partial charge in [-0.15, -0.1) is 0 Å². The monoisotopic (exact) mass is 205 g/mol. The van der Waals surface area contributed by atoms with Crippen molar-refractivity contribution in [1.82, 2.24) is 0 Å². The van der Waals surface area contributed by atoms with E-state index in [1.54, 1.807) is 18.2 Å².